The van der Waals surface area contributed by atoms with Gasteiger partial charge in [-0.15, -0.1) is 0 Å². The van der Waals surface area contributed by atoms with Crippen LogP contribution in [0.3, 0.4) is 0 Å². The maximum Gasteiger partial charge on any atom is 0.304 e. The number of nitrogens with one attached hydrogen (secondary N) is 1. The summed E-state index contributed by atoms with van der Waals surface area (Å²) >= 11 is 0. The number of hydrogen-bond donors (Lipinski definition) is 1. The Morgan fingerprint density at radius 3 is 2.19 bits per heavy atom. The third-order valence-corrected chi connectivity index (χ3v) is 5.88. The molecule has 0 heterocycles. The Morgan fingerprint density at radius 2 is 1.67 bits per heavy atom. The van der Waals surface area contributed by atoms with Crippen LogP contribution in [0.5, 0.6) is 5.75 Å². The standard InChI is InChI=1S/C19H25N3O4S/c1-15(16-10-12-18(26-4)13-11-16)20-19(23)14-22(27(24,25)21(2)3)17-8-6-5-7-9-17/h5-13,15H,14H2,1-4H3,(H,20,23)/t15-/m0/s1. The number of nitrogens with zero attached hydrogens (tertiary/aromatic N) is 2. The van der Waals surface area contributed by atoms with E-state index < -0.39 is 16.1 Å². The summed E-state index contributed by atoms with van der Waals surface area (Å²) in [5.41, 5.74) is 1.32. The fourth-order valence-electron chi connectivity index (χ4n) is 2.49. The summed E-state index contributed by atoms with van der Waals surface area (Å²) in [6.45, 7) is 1.53. The Morgan fingerprint density at radius 1 is 1.07 bits per heavy atom. The zero-order valence-electron chi connectivity index (χ0n) is 15.9. The minimum absolute atomic E-state index is 0.275. The average molecular weight is 391 g/mol. The number of rotatable bonds is 8. The third kappa shape index (κ3) is 5.21. The topological polar surface area (TPSA) is 79.0 Å². The van der Waals surface area contributed by atoms with Crippen LogP contribution in [0, 0.1) is 0 Å². The average Bonchev–Trinajstić information content (AvgIpc) is 2.66. The van der Waals surface area contributed by atoms with Crippen LogP contribution >= 0.6 is 0 Å². The maximum atomic E-state index is 12.7. The molecular weight excluding hydrogens is 366 g/mol. The first-order valence-corrected chi connectivity index (χ1v) is 9.84. The molecule has 0 bridgehead atoms. The molecule has 7 nitrogen and oxygen atoms in total. The number of carbonyl (C=O) groups is 1. The van der Waals surface area contributed by atoms with Gasteiger partial charge in [-0.25, -0.2) is 4.31 Å². The Labute approximate surface area is 160 Å². The van der Waals surface area contributed by atoms with Gasteiger partial charge in [0.05, 0.1) is 18.8 Å². The van der Waals surface area contributed by atoms with Crippen molar-refractivity contribution < 1.29 is 17.9 Å². The second-order valence-electron chi connectivity index (χ2n) is 6.19. The van der Waals surface area contributed by atoms with E-state index in [2.05, 4.69) is 5.32 Å². The maximum absolute atomic E-state index is 12.7. The predicted molar refractivity (Wildman–Crippen MR) is 106 cm³/mol. The summed E-state index contributed by atoms with van der Waals surface area (Å²) in [6, 6.07) is 15.6. The van der Waals surface area contributed by atoms with E-state index >= 15 is 0 Å². The molecule has 0 fully saturated rings. The Hall–Kier alpha value is -2.58. The van der Waals surface area contributed by atoms with Gasteiger partial charge in [0.2, 0.25) is 5.91 Å². The first kappa shape index (κ1) is 20.7. The summed E-state index contributed by atoms with van der Waals surface area (Å²) in [4.78, 5) is 12.5. The molecule has 2 rings (SSSR count). The zero-order chi connectivity index (χ0) is 20.0. The lowest BCUT2D eigenvalue weighted by Gasteiger charge is -2.27. The van der Waals surface area contributed by atoms with Crippen LogP contribution in [0.2, 0.25) is 0 Å². The van der Waals surface area contributed by atoms with Crippen LogP contribution in [-0.4, -0.2) is 46.4 Å². The van der Waals surface area contributed by atoms with Crippen molar-refractivity contribution in [3.8, 4) is 5.75 Å². The van der Waals surface area contributed by atoms with Gasteiger partial charge in [-0.3, -0.25) is 4.79 Å². The third-order valence-electron chi connectivity index (χ3n) is 4.06. The first-order chi connectivity index (χ1) is 12.8. The molecular formula is C19H25N3O4S. The molecule has 0 saturated heterocycles. The molecule has 2 aromatic carbocycles. The number of methoxy groups -OCH3 is 1. The van der Waals surface area contributed by atoms with Crippen molar-refractivity contribution in [2.24, 2.45) is 0 Å². The van der Waals surface area contributed by atoms with E-state index in [9.17, 15) is 13.2 Å². The van der Waals surface area contributed by atoms with Gasteiger partial charge in [-0.05, 0) is 36.8 Å². The second kappa shape index (κ2) is 8.88. The SMILES string of the molecule is COc1ccc([C@H](C)NC(=O)CN(c2ccccc2)S(=O)(=O)N(C)C)cc1. The molecule has 0 unspecified atom stereocenters. The molecule has 146 valence electrons. The molecule has 0 aliphatic carbocycles. The summed E-state index contributed by atoms with van der Waals surface area (Å²) < 4.78 is 32.6. The highest BCUT2D eigenvalue weighted by atomic mass is 32.2. The molecule has 0 aliphatic rings. The smallest absolute Gasteiger partial charge is 0.304 e. The molecule has 1 atom stereocenters. The highest BCUT2D eigenvalue weighted by Gasteiger charge is 2.27. The monoisotopic (exact) mass is 391 g/mol. The molecule has 1 amide bonds. The minimum atomic E-state index is -3.81. The Kier molecular flexibility index (Phi) is 6.81. The van der Waals surface area contributed by atoms with Gasteiger partial charge in [-0.1, -0.05) is 30.3 Å². The number of benzene rings is 2. The van der Waals surface area contributed by atoms with E-state index in [4.69, 9.17) is 4.74 Å². The lowest BCUT2D eigenvalue weighted by Crippen LogP contribution is -2.46. The predicted octanol–water partition coefficient (Wildman–Crippen LogP) is 2.19. The molecule has 0 aliphatic heterocycles. The number of amides is 1. The van der Waals surface area contributed by atoms with Crippen molar-refractivity contribution >= 4 is 21.8 Å². The fraction of sp³-hybridized carbons (Fsp3) is 0.316. The highest BCUT2D eigenvalue weighted by molar-refractivity contribution is 7.90. The van der Waals surface area contributed by atoms with Crippen LogP contribution in [-0.2, 0) is 15.0 Å². The molecule has 0 saturated carbocycles. The number of ether oxygens (including phenoxy) is 1. The van der Waals surface area contributed by atoms with Crippen molar-refractivity contribution in [2.45, 2.75) is 13.0 Å². The van der Waals surface area contributed by atoms with Crippen LogP contribution in [0.4, 0.5) is 5.69 Å². The molecule has 8 heteroatoms. The lowest BCUT2D eigenvalue weighted by atomic mass is 10.1. The van der Waals surface area contributed by atoms with Crippen molar-refractivity contribution in [2.75, 3.05) is 32.1 Å². The van der Waals surface area contributed by atoms with Gasteiger partial charge < -0.3 is 10.1 Å². The van der Waals surface area contributed by atoms with Gasteiger partial charge in [0, 0.05) is 14.1 Å². The lowest BCUT2D eigenvalue weighted by molar-refractivity contribution is -0.120. The molecule has 0 radical (unpaired) electrons. The van der Waals surface area contributed by atoms with E-state index in [-0.39, 0.29) is 12.6 Å². The number of anilines is 1. The van der Waals surface area contributed by atoms with Crippen LogP contribution in [0.15, 0.2) is 54.6 Å². The van der Waals surface area contributed by atoms with Crippen molar-refractivity contribution in [3.63, 3.8) is 0 Å². The van der Waals surface area contributed by atoms with E-state index in [1.165, 1.54) is 14.1 Å². The number of hydrogen-bond acceptors (Lipinski definition) is 4. The fourth-order valence-corrected chi connectivity index (χ4v) is 3.55. The molecule has 27 heavy (non-hydrogen) atoms. The minimum Gasteiger partial charge on any atom is -0.497 e. The summed E-state index contributed by atoms with van der Waals surface area (Å²) in [7, 11) is 0.647. The van der Waals surface area contributed by atoms with E-state index in [1.54, 1.807) is 37.4 Å². The Bertz CT molecular complexity index is 852. The van der Waals surface area contributed by atoms with E-state index in [0.29, 0.717) is 5.69 Å². The van der Waals surface area contributed by atoms with Gasteiger partial charge in [-0.2, -0.15) is 12.7 Å². The van der Waals surface area contributed by atoms with Crippen molar-refractivity contribution in [1.29, 1.82) is 0 Å². The van der Waals surface area contributed by atoms with Gasteiger partial charge in [0.1, 0.15) is 12.3 Å². The molecule has 0 spiro atoms. The van der Waals surface area contributed by atoms with Gasteiger partial charge >= 0.3 is 10.2 Å². The molecule has 0 aromatic heterocycles. The quantitative estimate of drug-likeness (QED) is 0.748. The van der Waals surface area contributed by atoms with Gasteiger partial charge in [0.15, 0.2) is 0 Å². The van der Waals surface area contributed by atoms with Crippen molar-refractivity contribution in [1.82, 2.24) is 9.62 Å². The molecule has 1 N–H and O–H groups in total. The first-order valence-electron chi connectivity index (χ1n) is 8.44. The largest absolute Gasteiger partial charge is 0.497 e. The summed E-state index contributed by atoms with van der Waals surface area (Å²) in [6.07, 6.45) is 0. The number of para-hydroxylation sites is 1. The van der Waals surface area contributed by atoms with Crippen LogP contribution in [0.1, 0.15) is 18.5 Å². The molecule has 2 aromatic rings. The van der Waals surface area contributed by atoms with Crippen LogP contribution < -0.4 is 14.4 Å². The highest BCUT2D eigenvalue weighted by Crippen LogP contribution is 2.20. The van der Waals surface area contributed by atoms with Crippen molar-refractivity contribution in [3.05, 3.63) is 60.2 Å². The zero-order valence-corrected chi connectivity index (χ0v) is 16.7. The summed E-state index contributed by atoms with van der Waals surface area (Å²) in [5, 5.41) is 2.84. The van der Waals surface area contributed by atoms with E-state index in [0.717, 1.165) is 19.9 Å². The van der Waals surface area contributed by atoms with E-state index in [1.807, 2.05) is 31.2 Å². The summed E-state index contributed by atoms with van der Waals surface area (Å²) in [5.74, 6) is 0.331. The van der Waals surface area contributed by atoms with Gasteiger partial charge in [0.25, 0.3) is 0 Å². The number of carbonyl (C=O) groups excluding carboxylic acids is 1. The van der Waals surface area contributed by atoms with Crippen LogP contribution in [0.25, 0.3) is 0 Å². The normalized spacial score (nSPS) is 12.5. The Balaban J connectivity index is 2.15. The second-order valence-corrected chi connectivity index (χ2v) is 8.26.